The van der Waals surface area contributed by atoms with Gasteiger partial charge in [0.15, 0.2) is 17.5 Å². The molecule has 0 radical (unpaired) electrons. The maximum absolute atomic E-state index is 14.2. The summed E-state index contributed by atoms with van der Waals surface area (Å²) in [7, 11) is 0. The standard InChI is InChI=1S/C20H17F2N7O2/c21-13-4-2-1-3-12(13)11-29-17(15-6-8-31-28-15)9-16(27-29)20-25-10-14(22)19(26-20)24-7-5-18(23)30/h1-4,6,8-10H,5,7,11H2,(H2,23,30)(H,24,25,26). The van der Waals surface area contributed by atoms with Gasteiger partial charge in [0.1, 0.15) is 23.5 Å². The Morgan fingerprint density at radius 3 is 2.74 bits per heavy atom. The van der Waals surface area contributed by atoms with Gasteiger partial charge in [0.25, 0.3) is 0 Å². The van der Waals surface area contributed by atoms with Crippen LogP contribution in [0.2, 0.25) is 0 Å². The molecule has 158 valence electrons. The first-order valence-corrected chi connectivity index (χ1v) is 9.28. The van der Waals surface area contributed by atoms with E-state index in [0.29, 0.717) is 22.6 Å². The number of hydrogen-bond donors (Lipinski definition) is 2. The van der Waals surface area contributed by atoms with E-state index in [4.69, 9.17) is 10.3 Å². The molecule has 0 fully saturated rings. The fraction of sp³-hybridized carbons (Fsp3) is 0.150. The largest absolute Gasteiger partial charge is 0.370 e. The zero-order valence-electron chi connectivity index (χ0n) is 16.1. The average Bonchev–Trinajstić information content (AvgIpc) is 3.41. The van der Waals surface area contributed by atoms with Crippen molar-refractivity contribution in [2.75, 3.05) is 11.9 Å². The van der Waals surface area contributed by atoms with E-state index in [0.717, 1.165) is 6.20 Å². The number of nitrogens with two attached hydrogens (primary N) is 1. The van der Waals surface area contributed by atoms with E-state index < -0.39 is 11.7 Å². The van der Waals surface area contributed by atoms with Gasteiger partial charge >= 0.3 is 0 Å². The smallest absolute Gasteiger partial charge is 0.219 e. The first-order valence-electron chi connectivity index (χ1n) is 9.28. The van der Waals surface area contributed by atoms with E-state index >= 15 is 0 Å². The number of anilines is 1. The lowest BCUT2D eigenvalue weighted by Crippen LogP contribution is -2.17. The molecule has 0 spiro atoms. The van der Waals surface area contributed by atoms with Crippen LogP contribution < -0.4 is 11.1 Å². The summed E-state index contributed by atoms with van der Waals surface area (Å²) in [5.74, 6) is -1.52. The molecule has 1 aromatic carbocycles. The molecule has 3 heterocycles. The van der Waals surface area contributed by atoms with Crippen LogP contribution in [0.1, 0.15) is 12.0 Å². The first kappa shape index (κ1) is 20.1. The number of carbonyl (C=O) groups is 1. The number of carbonyl (C=O) groups excluding carboxylic acids is 1. The Balaban J connectivity index is 1.69. The van der Waals surface area contributed by atoms with Crippen LogP contribution in [0.25, 0.3) is 22.9 Å². The summed E-state index contributed by atoms with van der Waals surface area (Å²) in [6.07, 6.45) is 2.43. The highest BCUT2D eigenvalue weighted by Gasteiger charge is 2.18. The Morgan fingerprint density at radius 2 is 2.00 bits per heavy atom. The Hall–Kier alpha value is -4.15. The second-order valence-electron chi connectivity index (χ2n) is 6.58. The fourth-order valence-electron chi connectivity index (χ4n) is 2.90. The molecule has 3 aromatic heterocycles. The number of halogens is 2. The fourth-order valence-corrected chi connectivity index (χ4v) is 2.90. The van der Waals surface area contributed by atoms with E-state index in [-0.39, 0.29) is 37.0 Å². The minimum Gasteiger partial charge on any atom is -0.370 e. The van der Waals surface area contributed by atoms with Gasteiger partial charge in [0.2, 0.25) is 5.91 Å². The van der Waals surface area contributed by atoms with Crippen LogP contribution in [-0.4, -0.2) is 37.4 Å². The van der Waals surface area contributed by atoms with Gasteiger partial charge in [-0.2, -0.15) is 5.10 Å². The molecule has 0 aliphatic heterocycles. The highest BCUT2D eigenvalue weighted by Crippen LogP contribution is 2.25. The van der Waals surface area contributed by atoms with Crippen molar-refractivity contribution in [2.45, 2.75) is 13.0 Å². The van der Waals surface area contributed by atoms with E-state index in [9.17, 15) is 13.6 Å². The third-order valence-electron chi connectivity index (χ3n) is 4.40. The Kier molecular flexibility index (Phi) is 5.65. The third-order valence-corrected chi connectivity index (χ3v) is 4.40. The lowest BCUT2D eigenvalue weighted by atomic mass is 10.2. The predicted octanol–water partition coefficient (Wildman–Crippen LogP) is 2.61. The van der Waals surface area contributed by atoms with Crippen LogP contribution in [0.4, 0.5) is 14.6 Å². The van der Waals surface area contributed by atoms with Crippen molar-refractivity contribution in [3.63, 3.8) is 0 Å². The Labute approximate surface area is 174 Å². The normalized spacial score (nSPS) is 10.9. The molecule has 0 aliphatic carbocycles. The number of aromatic nitrogens is 5. The molecule has 11 heteroatoms. The highest BCUT2D eigenvalue weighted by atomic mass is 19.1. The molecule has 4 rings (SSSR count). The van der Waals surface area contributed by atoms with Gasteiger partial charge in [0, 0.05) is 24.6 Å². The molecule has 0 unspecified atom stereocenters. The van der Waals surface area contributed by atoms with Crippen LogP contribution in [0, 0.1) is 11.6 Å². The van der Waals surface area contributed by atoms with Crippen molar-refractivity contribution >= 4 is 11.7 Å². The molecule has 9 nitrogen and oxygen atoms in total. The van der Waals surface area contributed by atoms with E-state index in [1.807, 2.05) is 0 Å². The van der Waals surface area contributed by atoms with Crippen molar-refractivity contribution in [1.29, 1.82) is 0 Å². The van der Waals surface area contributed by atoms with Crippen molar-refractivity contribution in [3.05, 3.63) is 66.1 Å². The monoisotopic (exact) mass is 425 g/mol. The van der Waals surface area contributed by atoms with Gasteiger partial charge in [-0.3, -0.25) is 9.48 Å². The molecular weight excluding hydrogens is 408 g/mol. The van der Waals surface area contributed by atoms with Gasteiger partial charge in [-0.25, -0.2) is 18.7 Å². The van der Waals surface area contributed by atoms with E-state index in [1.165, 1.54) is 12.3 Å². The molecule has 31 heavy (non-hydrogen) atoms. The lowest BCUT2D eigenvalue weighted by molar-refractivity contribution is -0.117. The summed E-state index contributed by atoms with van der Waals surface area (Å²) < 4.78 is 34.7. The summed E-state index contributed by atoms with van der Waals surface area (Å²) in [6, 6.07) is 9.64. The molecular formula is C20H17F2N7O2. The molecule has 0 atom stereocenters. The maximum Gasteiger partial charge on any atom is 0.219 e. The molecule has 1 amide bonds. The van der Waals surface area contributed by atoms with E-state index in [2.05, 4.69) is 25.5 Å². The number of benzene rings is 1. The van der Waals surface area contributed by atoms with Crippen molar-refractivity contribution < 1.29 is 18.1 Å². The number of primary amides is 1. The second kappa shape index (κ2) is 8.69. The molecule has 0 bridgehead atoms. The minimum absolute atomic E-state index is 0.0202. The maximum atomic E-state index is 14.2. The van der Waals surface area contributed by atoms with Crippen LogP contribution in [-0.2, 0) is 11.3 Å². The molecule has 4 aromatic rings. The zero-order valence-corrected chi connectivity index (χ0v) is 16.1. The van der Waals surface area contributed by atoms with Crippen molar-refractivity contribution in [2.24, 2.45) is 5.73 Å². The number of hydrogen-bond acceptors (Lipinski definition) is 7. The van der Waals surface area contributed by atoms with Crippen LogP contribution in [0.5, 0.6) is 0 Å². The topological polar surface area (TPSA) is 125 Å². The van der Waals surface area contributed by atoms with Gasteiger partial charge in [-0.05, 0) is 12.1 Å². The van der Waals surface area contributed by atoms with Crippen LogP contribution in [0.15, 0.2) is 53.4 Å². The Bertz CT molecular complexity index is 1210. The predicted molar refractivity (Wildman–Crippen MR) is 107 cm³/mol. The summed E-state index contributed by atoms with van der Waals surface area (Å²) in [4.78, 5) is 19.1. The highest BCUT2D eigenvalue weighted by molar-refractivity contribution is 5.74. The van der Waals surface area contributed by atoms with Gasteiger partial charge < -0.3 is 15.6 Å². The summed E-state index contributed by atoms with van der Waals surface area (Å²) in [6.45, 7) is 0.244. The summed E-state index contributed by atoms with van der Waals surface area (Å²) in [5, 5.41) is 11.1. The Morgan fingerprint density at radius 1 is 1.16 bits per heavy atom. The number of nitrogens with zero attached hydrogens (tertiary/aromatic N) is 5. The van der Waals surface area contributed by atoms with Gasteiger partial charge in [-0.15, -0.1) is 0 Å². The van der Waals surface area contributed by atoms with E-state index in [1.54, 1.807) is 35.0 Å². The molecule has 0 saturated heterocycles. The lowest BCUT2D eigenvalue weighted by Gasteiger charge is -2.07. The van der Waals surface area contributed by atoms with Gasteiger partial charge in [0.05, 0.1) is 18.4 Å². The number of amides is 1. The molecule has 3 N–H and O–H groups in total. The number of rotatable bonds is 8. The quantitative estimate of drug-likeness (QED) is 0.445. The molecule has 0 saturated carbocycles. The molecule has 0 aliphatic rings. The summed E-state index contributed by atoms with van der Waals surface area (Å²) in [5.41, 5.74) is 6.88. The second-order valence-corrected chi connectivity index (χ2v) is 6.58. The average molecular weight is 425 g/mol. The van der Waals surface area contributed by atoms with Crippen LogP contribution >= 0.6 is 0 Å². The minimum atomic E-state index is -0.685. The third kappa shape index (κ3) is 4.55. The zero-order chi connectivity index (χ0) is 21.8. The van der Waals surface area contributed by atoms with Crippen molar-refractivity contribution in [1.82, 2.24) is 24.9 Å². The van der Waals surface area contributed by atoms with Gasteiger partial charge in [-0.1, -0.05) is 23.4 Å². The summed E-state index contributed by atoms with van der Waals surface area (Å²) >= 11 is 0. The number of nitrogens with one attached hydrogen (secondary N) is 1. The van der Waals surface area contributed by atoms with Crippen molar-refractivity contribution in [3.8, 4) is 22.9 Å². The van der Waals surface area contributed by atoms with Crippen LogP contribution in [0.3, 0.4) is 0 Å². The SMILES string of the molecule is NC(=O)CCNc1nc(-c2cc(-c3ccon3)n(Cc3ccccc3F)n2)ncc1F. The first-order chi connectivity index (χ1) is 15.0.